The average Bonchev–Trinajstić information content (AvgIpc) is 2.98. The van der Waals surface area contributed by atoms with Crippen molar-refractivity contribution in [2.45, 2.75) is 50.9 Å². The van der Waals surface area contributed by atoms with E-state index in [4.69, 9.17) is 4.74 Å². The highest BCUT2D eigenvalue weighted by molar-refractivity contribution is 5.94. The Bertz CT molecular complexity index is 1360. The molecule has 0 radical (unpaired) electrons. The first-order valence-corrected chi connectivity index (χ1v) is 14.3. The van der Waals surface area contributed by atoms with Crippen molar-refractivity contribution in [1.82, 2.24) is 20.9 Å². The molecule has 2 bridgehead atoms. The van der Waals surface area contributed by atoms with Crippen molar-refractivity contribution in [1.29, 1.82) is 0 Å². The van der Waals surface area contributed by atoms with Gasteiger partial charge < -0.3 is 20.7 Å². The van der Waals surface area contributed by atoms with Crippen LogP contribution in [-0.4, -0.2) is 54.8 Å². The Labute approximate surface area is 248 Å². The number of nitrogens with zero attached hydrogens (tertiary/aromatic N) is 1. The zero-order valence-electron chi connectivity index (χ0n) is 24.6. The van der Waals surface area contributed by atoms with Gasteiger partial charge >= 0.3 is 0 Å². The summed E-state index contributed by atoms with van der Waals surface area (Å²) in [4.78, 5) is 43.2. The van der Waals surface area contributed by atoms with Gasteiger partial charge in [0, 0.05) is 12.6 Å². The molecule has 3 aromatic rings. The van der Waals surface area contributed by atoms with E-state index in [0.717, 1.165) is 11.1 Å². The summed E-state index contributed by atoms with van der Waals surface area (Å²) in [7, 11) is 3.70. The van der Waals surface area contributed by atoms with Gasteiger partial charge in [-0.15, -0.1) is 0 Å². The SMILES string of the molecule is CC(C)CC(C(=O)N[C@@H]1C(=O)N[C@@H](Cc2ccccc2)C(=O)N/C=C\c2ccc(cc2)O[C@H]1c1ccccc1)N(C)C. The maximum atomic E-state index is 14.2. The first kappa shape index (κ1) is 30.5. The van der Waals surface area contributed by atoms with Crippen molar-refractivity contribution in [3.63, 3.8) is 0 Å². The molecule has 0 saturated carbocycles. The van der Waals surface area contributed by atoms with Crippen LogP contribution in [0.2, 0.25) is 0 Å². The maximum Gasteiger partial charge on any atom is 0.247 e. The molecule has 0 aromatic heterocycles. The van der Waals surface area contributed by atoms with Crippen LogP contribution in [0.15, 0.2) is 91.1 Å². The Kier molecular flexibility index (Phi) is 10.5. The molecule has 5 rings (SSSR count). The van der Waals surface area contributed by atoms with Crippen molar-refractivity contribution in [3.05, 3.63) is 108 Å². The van der Waals surface area contributed by atoms with Crippen LogP contribution in [0, 0.1) is 5.92 Å². The summed E-state index contributed by atoms with van der Waals surface area (Å²) in [5.74, 6) is -0.380. The van der Waals surface area contributed by atoms with E-state index in [9.17, 15) is 14.4 Å². The van der Waals surface area contributed by atoms with E-state index in [-0.39, 0.29) is 24.2 Å². The number of amides is 3. The predicted octanol–water partition coefficient (Wildman–Crippen LogP) is 4.10. The Balaban J connectivity index is 1.78. The molecule has 8 nitrogen and oxygen atoms in total. The van der Waals surface area contributed by atoms with Crippen LogP contribution >= 0.6 is 0 Å². The second-order valence-corrected chi connectivity index (χ2v) is 11.2. The third kappa shape index (κ3) is 8.30. The number of carbonyl (C=O) groups excluding carboxylic acids is 3. The van der Waals surface area contributed by atoms with Gasteiger partial charge in [-0.2, -0.15) is 0 Å². The summed E-state index contributed by atoms with van der Waals surface area (Å²) in [6, 6.07) is 23.7. The second kappa shape index (κ2) is 14.5. The molecular weight excluding hydrogens is 528 g/mol. The molecule has 220 valence electrons. The van der Waals surface area contributed by atoms with E-state index in [1.807, 2.05) is 91.8 Å². The Hall–Kier alpha value is -4.43. The van der Waals surface area contributed by atoms with Crippen LogP contribution in [0.4, 0.5) is 0 Å². The molecule has 2 heterocycles. The van der Waals surface area contributed by atoms with E-state index in [1.54, 1.807) is 24.4 Å². The van der Waals surface area contributed by atoms with Gasteiger partial charge in [0.25, 0.3) is 0 Å². The van der Waals surface area contributed by atoms with E-state index in [0.29, 0.717) is 17.7 Å². The number of hydrogen-bond donors (Lipinski definition) is 3. The second-order valence-electron chi connectivity index (χ2n) is 11.2. The maximum absolute atomic E-state index is 14.2. The zero-order chi connectivity index (χ0) is 30.1. The highest BCUT2D eigenvalue weighted by Gasteiger charge is 2.37. The van der Waals surface area contributed by atoms with Crippen LogP contribution in [0.1, 0.15) is 43.1 Å². The minimum absolute atomic E-state index is 0.257. The lowest BCUT2D eigenvalue weighted by Crippen LogP contribution is -2.58. The highest BCUT2D eigenvalue weighted by atomic mass is 16.5. The van der Waals surface area contributed by atoms with Crippen LogP contribution in [0.3, 0.4) is 0 Å². The molecule has 4 atom stereocenters. The standard InChI is InChI=1S/C34H40N4O4/c1-23(2)21-29(38(3)4)33(40)37-30-31(26-13-9-6-10-14-26)42-27-17-15-24(16-18-27)19-20-35-32(39)28(36-34(30)41)22-25-11-7-5-8-12-25/h5-20,23,28-31H,21-22H2,1-4H3,(H,35,39)(H,36,41)(H,37,40)/b20-19-/t28-,29?,30-,31-/m0/s1. The smallest absolute Gasteiger partial charge is 0.247 e. The average molecular weight is 569 g/mol. The molecular formula is C34H40N4O4. The number of nitrogens with one attached hydrogen (secondary N) is 3. The fraction of sp³-hybridized carbons (Fsp3) is 0.324. The summed E-state index contributed by atoms with van der Waals surface area (Å²) in [6.07, 6.45) is 3.35. The Morgan fingerprint density at radius 3 is 2.17 bits per heavy atom. The third-order valence-corrected chi connectivity index (χ3v) is 7.19. The number of rotatable bonds is 8. The van der Waals surface area contributed by atoms with E-state index < -0.39 is 30.1 Å². The predicted molar refractivity (Wildman–Crippen MR) is 164 cm³/mol. The lowest BCUT2D eigenvalue weighted by atomic mass is 9.97. The largest absolute Gasteiger partial charge is 0.483 e. The van der Waals surface area contributed by atoms with Gasteiger partial charge in [-0.1, -0.05) is 86.6 Å². The van der Waals surface area contributed by atoms with Gasteiger partial charge in [0.15, 0.2) is 6.10 Å². The number of likely N-dealkylation sites (N-methyl/N-ethyl adjacent to an activating group) is 1. The fourth-order valence-electron chi connectivity index (χ4n) is 4.94. The molecule has 1 unspecified atom stereocenters. The molecule has 2 aliphatic rings. The first-order chi connectivity index (χ1) is 20.2. The summed E-state index contributed by atoms with van der Waals surface area (Å²) in [5, 5.41) is 8.75. The minimum Gasteiger partial charge on any atom is -0.483 e. The molecule has 0 saturated heterocycles. The summed E-state index contributed by atoms with van der Waals surface area (Å²) in [5.41, 5.74) is 2.47. The summed E-state index contributed by atoms with van der Waals surface area (Å²) in [6.45, 7) is 4.11. The molecule has 0 spiro atoms. The molecule has 8 heteroatoms. The number of benzene rings is 3. The van der Waals surface area contributed by atoms with Gasteiger partial charge in [-0.3, -0.25) is 19.3 Å². The van der Waals surface area contributed by atoms with Gasteiger partial charge in [0.05, 0.1) is 6.04 Å². The van der Waals surface area contributed by atoms with Gasteiger partial charge in [0.2, 0.25) is 17.7 Å². The number of carbonyl (C=O) groups is 3. The molecule has 2 aliphatic heterocycles. The van der Waals surface area contributed by atoms with Crippen LogP contribution in [0.5, 0.6) is 5.75 Å². The van der Waals surface area contributed by atoms with Crippen molar-refractivity contribution in [3.8, 4) is 5.75 Å². The van der Waals surface area contributed by atoms with Gasteiger partial charge in [-0.25, -0.2) is 0 Å². The molecule has 0 aliphatic carbocycles. The Morgan fingerprint density at radius 2 is 1.55 bits per heavy atom. The van der Waals surface area contributed by atoms with Crippen LogP contribution in [0.25, 0.3) is 6.08 Å². The number of fused-ring (bicyclic) bond motifs is 10. The highest BCUT2D eigenvalue weighted by Crippen LogP contribution is 2.27. The topological polar surface area (TPSA) is 99.8 Å². The normalized spacial score (nSPS) is 20.7. The third-order valence-electron chi connectivity index (χ3n) is 7.19. The van der Waals surface area contributed by atoms with Gasteiger partial charge in [-0.05, 0) is 61.3 Å². The van der Waals surface area contributed by atoms with E-state index >= 15 is 0 Å². The number of hydrogen-bond acceptors (Lipinski definition) is 5. The molecule has 42 heavy (non-hydrogen) atoms. The summed E-state index contributed by atoms with van der Waals surface area (Å²) < 4.78 is 6.47. The number of ether oxygens (including phenoxy) is 1. The van der Waals surface area contributed by atoms with Crippen molar-refractivity contribution < 1.29 is 19.1 Å². The fourth-order valence-corrected chi connectivity index (χ4v) is 4.94. The van der Waals surface area contributed by atoms with Crippen LogP contribution in [-0.2, 0) is 20.8 Å². The summed E-state index contributed by atoms with van der Waals surface area (Å²) >= 11 is 0. The molecule has 3 N–H and O–H groups in total. The van der Waals surface area contributed by atoms with Crippen molar-refractivity contribution in [2.75, 3.05) is 14.1 Å². The molecule has 3 amide bonds. The van der Waals surface area contributed by atoms with E-state index in [1.165, 1.54) is 0 Å². The molecule has 0 fully saturated rings. The van der Waals surface area contributed by atoms with Gasteiger partial charge in [0.1, 0.15) is 17.8 Å². The lowest BCUT2D eigenvalue weighted by Gasteiger charge is -2.32. The quantitative estimate of drug-likeness (QED) is 0.380. The first-order valence-electron chi connectivity index (χ1n) is 14.3. The zero-order valence-corrected chi connectivity index (χ0v) is 24.6. The molecule has 3 aromatic carbocycles. The lowest BCUT2D eigenvalue weighted by molar-refractivity contribution is -0.135. The minimum atomic E-state index is -1.14. The van der Waals surface area contributed by atoms with Crippen molar-refractivity contribution >= 4 is 23.8 Å². The van der Waals surface area contributed by atoms with Crippen molar-refractivity contribution in [2.24, 2.45) is 5.92 Å². The van der Waals surface area contributed by atoms with E-state index in [2.05, 4.69) is 29.8 Å². The van der Waals surface area contributed by atoms with Crippen LogP contribution < -0.4 is 20.7 Å². The monoisotopic (exact) mass is 568 g/mol. The Morgan fingerprint density at radius 1 is 0.905 bits per heavy atom.